The van der Waals surface area contributed by atoms with Crippen LogP contribution in [-0.2, 0) is 14.8 Å². The van der Waals surface area contributed by atoms with Gasteiger partial charge in [0.1, 0.15) is 6.61 Å². The molecule has 8 heteroatoms. The van der Waals surface area contributed by atoms with E-state index < -0.39 is 16.1 Å². The lowest BCUT2D eigenvalue weighted by atomic mass is 9.96. The first-order chi connectivity index (χ1) is 14.0. The number of carbonyl (C=O) groups excluding carboxylic acids is 1. The first-order valence-electron chi connectivity index (χ1n) is 9.83. The lowest BCUT2D eigenvalue weighted by Crippen LogP contribution is -2.40. The third kappa shape index (κ3) is 4.71. The molecule has 1 fully saturated rings. The summed E-state index contributed by atoms with van der Waals surface area (Å²) in [4.78, 5) is 12.7. The van der Waals surface area contributed by atoms with Crippen LogP contribution in [0.5, 0.6) is 11.5 Å². The number of para-hydroxylation sites is 2. The fourth-order valence-corrected chi connectivity index (χ4v) is 4.90. The van der Waals surface area contributed by atoms with Crippen LogP contribution in [0.25, 0.3) is 0 Å². The van der Waals surface area contributed by atoms with Crippen molar-refractivity contribution in [1.82, 2.24) is 4.72 Å². The van der Waals surface area contributed by atoms with E-state index in [-0.39, 0.29) is 23.5 Å². The van der Waals surface area contributed by atoms with Crippen LogP contribution in [-0.4, -0.2) is 33.1 Å². The van der Waals surface area contributed by atoms with Gasteiger partial charge in [-0.25, -0.2) is 13.1 Å². The molecule has 4 rings (SSSR count). The zero-order valence-corrected chi connectivity index (χ0v) is 16.8. The van der Waals surface area contributed by atoms with Crippen LogP contribution in [0.4, 0.5) is 5.69 Å². The Balaban J connectivity index is 1.37. The normalized spacial score (nSPS) is 19.5. The minimum absolute atomic E-state index is 0.000503. The van der Waals surface area contributed by atoms with Gasteiger partial charge in [0.25, 0.3) is 5.91 Å². The van der Waals surface area contributed by atoms with Crippen LogP contribution >= 0.6 is 0 Å². The molecule has 1 aliphatic carbocycles. The molecule has 2 aromatic carbocycles. The number of hydrogen-bond acceptors (Lipinski definition) is 5. The van der Waals surface area contributed by atoms with Gasteiger partial charge in [-0.15, -0.1) is 0 Å². The highest BCUT2D eigenvalue weighted by atomic mass is 32.2. The molecule has 1 atom stereocenters. The van der Waals surface area contributed by atoms with Gasteiger partial charge in [0.2, 0.25) is 16.1 Å². The first-order valence-corrected chi connectivity index (χ1v) is 11.3. The van der Waals surface area contributed by atoms with Crippen molar-refractivity contribution in [2.24, 2.45) is 0 Å². The Kier molecular flexibility index (Phi) is 5.73. The van der Waals surface area contributed by atoms with E-state index in [9.17, 15) is 13.2 Å². The predicted molar refractivity (Wildman–Crippen MR) is 109 cm³/mol. The minimum atomic E-state index is -3.57. The van der Waals surface area contributed by atoms with Crippen LogP contribution in [0.3, 0.4) is 0 Å². The van der Waals surface area contributed by atoms with Crippen molar-refractivity contribution in [3.63, 3.8) is 0 Å². The van der Waals surface area contributed by atoms with Gasteiger partial charge < -0.3 is 14.8 Å². The first kappa shape index (κ1) is 19.7. The SMILES string of the molecule is O=C(Nc1ccc(S(=O)(=O)NC2CCCCC2)cc1)C1COc2ccccc2O1. The Morgan fingerprint density at radius 3 is 2.34 bits per heavy atom. The predicted octanol–water partition coefficient (Wildman–Crippen LogP) is 3.08. The molecule has 0 aromatic heterocycles. The molecule has 0 spiro atoms. The number of ether oxygens (including phenoxy) is 2. The maximum atomic E-state index is 12.6. The molecule has 29 heavy (non-hydrogen) atoms. The van der Waals surface area contributed by atoms with Crippen LogP contribution in [0.15, 0.2) is 53.4 Å². The Hall–Kier alpha value is -2.58. The summed E-state index contributed by atoms with van der Waals surface area (Å²) in [5.41, 5.74) is 0.495. The van der Waals surface area contributed by atoms with E-state index in [2.05, 4.69) is 10.0 Å². The van der Waals surface area contributed by atoms with Gasteiger partial charge in [0.05, 0.1) is 4.90 Å². The summed E-state index contributed by atoms with van der Waals surface area (Å²) < 4.78 is 39.2. The topological polar surface area (TPSA) is 93.7 Å². The van der Waals surface area contributed by atoms with Crippen LogP contribution in [0.2, 0.25) is 0 Å². The third-order valence-electron chi connectivity index (χ3n) is 5.16. The largest absolute Gasteiger partial charge is 0.485 e. The molecule has 0 radical (unpaired) electrons. The molecule has 1 heterocycles. The van der Waals surface area contributed by atoms with Crippen LogP contribution in [0, 0.1) is 0 Å². The number of carbonyl (C=O) groups is 1. The van der Waals surface area contributed by atoms with E-state index in [1.165, 1.54) is 12.1 Å². The van der Waals surface area contributed by atoms with Crippen molar-refractivity contribution in [1.29, 1.82) is 0 Å². The van der Waals surface area contributed by atoms with Gasteiger partial charge in [-0.05, 0) is 49.2 Å². The van der Waals surface area contributed by atoms with Crippen molar-refractivity contribution in [3.8, 4) is 11.5 Å². The summed E-state index contributed by atoms with van der Waals surface area (Å²) in [6.07, 6.45) is 4.24. The molecule has 0 bridgehead atoms. The maximum absolute atomic E-state index is 12.6. The molecule has 2 aromatic rings. The maximum Gasteiger partial charge on any atom is 0.269 e. The molecule has 1 amide bonds. The van der Waals surface area contributed by atoms with Gasteiger partial charge in [0, 0.05) is 11.7 Å². The third-order valence-corrected chi connectivity index (χ3v) is 6.70. The van der Waals surface area contributed by atoms with Gasteiger partial charge in [-0.3, -0.25) is 4.79 Å². The molecular weight excluding hydrogens is 392 g/mol. The van der Waals surface area contributed by atoms with E-state index in [1.807, 2.05) is 12.1 Å². The Morgan fingerprint density at radius 2 is 1.62 bits per heavy atom. The van der Waals surface area contributed by atoms with Crippen LogP contribution < -0.4 is 19.5 Å². The average molecular weight is 416 g/mol. The summed E-state index contributed by atoms with van der Waals surface area (Å²) in [5, 5.41) is 2.74. The zero-order valence-electron chi connectivity index (χ0n) is 16.0. The van der Waals surface area contributed by atoms with E-state index >= 15 is 0 Å². The molecule has 154 valence electrons. The Morgan fingerprint density at radius 1 is 0.931 bits per heavy atom. The lowest BCUT2D eigenvalue weighted by molar-refractivity contribution is -0.125. The fourth-order valence-electron chi connectivity index (χ4n) is 3.60. The summed E-state index contributed by atoms with van der Waals surface area (Å²) >= 11 is 0. The lowest BCUT2D eigenvalue weighted by Gasteiger charge is -2.25. The number of amides is 1. The molecule has 2 N–H and O–H groups in total. The van der Waals surface area contributed by atoms with Gasteiger partial charge in [0.15, 0.2) is 11.5 Å². The molecule has 7 nitrogen and oxygen atoms in total. The molecular formula is C21H24N2O5S. The van der Waals surface area contributed by atoms with Crippen molar-refractivity contribution < 1.29 is 22.7 Å². The number of fused-ring (bicyclic) bond motifs is 1. The molecule has 1 aliphatic heterocycles. The van der Waals surface area contributed by atoms with E-state index in [4.69, 9.17) is 9.47 Å². The van der Waals surface area contributed by atoms with Crippen molar-refractivity contribution >= 4 is 21.6 Å². The summed E-state index contributed by atoms with van der Waals surface area (Å²) in [5.74, 6) is 0.779. The van der Waals surface area contributed by atoms with Crippen LogP contribution in [0.1, 0.15) is 32.1 Å². The monoisotopic (exact) mass is 416 g/mol. The minimum Gasteiger partial charge on any atom is -0.485 e. The highest BCUT2D eigenvalue weighted by Gasteiger charge is 2.27. The smallest absolute Gasteiger partial charge is 0.269 e. The van der Waals surface area contributed by atoms with E-state index in [0.717, 1.165) is 32.1 Å². The summed E-state index contributed by atoms with van der Waals surface area (Å²) in [7, 11) is -3.57. The second-order valence-corrected chi connectivity index (χ2v) is 9.05. The van der Waals surface area contributed by atoms with Crippen molar-refractivity contribution in [2.75, 3.05) is 11.9 Å². The second kappa shape index (κ2) is 8.42. The molecule has 0 saturated heterocycles. The highest BCUT2D eigenvalue weighted by molar-refractivity contribution is 7.89. The Bertz CT molecular complexity index is 969. The molecule has 2 aliphatic rings. The van der Waals surface area contributed by atoms with E-state index in [1.54, 1.807) is 24.3 Å². The summed E-state index contributed by atoms with van der Waals surface area (Å²) in [6, 6.07) is 13.3. The molecule has 1 saturated carbocycles. The number of hydrogen-bond donors (Lipinski definition) is 2. The summed E-state index contributed by atoms with van der Waals surface area (Å²) in [6.45, 7) is 0.112. The van der Waals surface area contributed by atoms with Gasteiger partial charge in [-0.1, -0.05) is 31.4 Å². The number of benzene rings is 2. The Labute approximate surface area is 170 Å². The zero-order chi connectivity index (χ0) is 20.3. The van der Waals surface area contributed by atoms with Crippen molar-refractivity contribution in [2.45, 2.75) is 49.1 Å². The number of anilines is 1. The fraction of sp³-hybridized carbons (Fsp3) is 0.381. The average Bonchev–Trinajstić information content (AvgIpc) is 2.74. The molecule has 1 unspecified atom stereocenters. The quantitative estimate of drug-likeness (QED) is 0.781. The van der Waals surface area contributed by atoms with Gasteiger partial charge >= 0.3 is 0 Å². The van der Waals surface area contributed by atoms with Gasteiger partial charge in [-0.2, -0.15) is 0 Å². The number of rotatable bonds is 5. The number of nitrogens with one attached hydrogen (secondary N) is 2. The van der Waals surface area contributed by atoms with Crippen molar-refractivity contribution in [3.05, 3.63) is 48.5 Å². The second-order valence-electron chi connectivity index (χ2n) is 7.33. The van der Waals surface area contributed by atoms with E-state index in [0.29, 0.717) is 17.2 Å². The number of sulfonamides is 1. The standard InChI is InChI=1S/C21H24N2O5S/c24-21(20-14-27-18-8-4-5-9-19(18)28-20)22-15-10-12-17(13-11-15)29(25,26)23-16-6-2-1-3-7-16/h4-5,8-13,16,20,23H,1-3,6-7,14H2,(H,22,24). The highest BCUT2D eigenvalue weighted by Crippen LogP contribution is 2.31.